The molecule has 0 aromatic heterocycles. The van der Waals surface area contributed by atoms with Crippen LogP contribution < -0.4 is 5.32 Å². The molecule has 0 saturated carbocycles. The molecule has 0 spiro atoms. The molecule has 18 heavy (non-hydrogen) atoms. The molecule has 98 valence electrons. The number of carbonyl (C=O) groups is 1. The highest BCUT2D eigenvalue weighted by Gasteiger charge is 2.30. The van der Waals surface area contributed by atoms with E-state index in [1.54, 1.807) is 0 Å². The topological polar surface area (TPSA) is 38.3 Å². The minimum absolute atomic E-state index is 0.00730. The molecule has 1 heterocycles. The first-order chi connectivity index (χ1) is 8.70. The van der Waals surface area contributed by atoms with Crippen LogP contribution in [0, 0.1) is 5.92 Å². The first kappa shape index (κ1) is 13.4. The van der Waals surface area contributed by atoms with Crippen LogP contribution in [0.1, 0.15) is 24.5 Å². The molecule has 1 amide bonds. The number of benzene rings is 1. The van der Waals surface area contributed by atoms with Crippen LogP contribution in [0.2, 0.25) is 0 Å². The van der Waals surface area contributed by atoms with Crippen molar-refractivity contribution in [2.24, 2.45) is 5.92 Å². The molecule has 0 bridgehead atoms. The van der Waals surface area contributed by atoms with Gasteiger partial charge in [0, 0.05) is 19.0 Å². The second-order valence-electron chi connectivity index (χ2n) is 4.64. The van der Waals surface area contributed by atoms with Crippen molar-refractivity contribution >= 4 is 17.5 Å². The van der Waals surface area contributed by atoms with Gasteiger partial charge >= 0.3 is 0 Å². The Morgan fingerprint density at radius 2 is 2.06 bits per heavy atom. The SMILES string of the molecule is CC1OCCC1C(=O)NCc1ccc(CCl)cc1. The van der Waals surface area contributed by atoms with Gasteiger partial charge in [-0.3, -0.25) is 4.79 Å². The smallest absolute Gasteiger partial charge is 0.226 e. The summed E-state index contributed by atoms with van der Waals surface area (Å²) in [5.41, 5.74) is 2.17. The van der Waals surface area contributed by atoms with E-state index in [2.05, 4.69) is 5.32 Å². The maximum absolute atomic E-state index is 11.9. The zero-order chi connectivity index (χ0) is 13.0. The number of ether oxygens (including phenoxy) is 1. The number of rotatable bonds is 4. The molecule has 1 aliphatic rings. The van der Waals surface area contributed by atoms with Crippen molar-refractivity contribution in [2.45, 2.75) is 31.9 Å². The van der Waals surface area contributed by atoms with Crippen LogP contribution in [-0.4, -0.2) is 18.6 Å². The minimum atomic E-state index is -0.00730. The third-order valence-corrected chi connectivity index (χ3v) is 3.67. The third-order valence-electron chi connectivity index (χ3n) is 3.36. The lowest BCUT2D eigenvalue weighted by molar-refractivity contribution is -0.126. The van der Waals surface area contributed by atoms with Gasteiger partial charge in [0.15, 0.2) is 0 Å². The first-order valence-electron chi connectivity index (χ1n) is 6.24. The highest BCUT2D eigenvalue weighted by molar-refractivity contribution is 6.17. The molecule has 1 fully saturated rings. The van der Waals surface area contributed by atoms with Gasteiger partial charge in [0.25, 0.3) is 0 Å². The van der Waals surface area contributed by atoms with E-state index in [9.17, 15) is 4.79 Å². The number of carbonyl (C=O) groups excluding carboxylic acids is 1. The Morgan fingerprint density at radius 1 is 1.39 bits per heavy atom. The van der Waals surface area contributed by atoms with Gasteiger partial charge in [0.2, 0.25) is 5.91 Å². The van der Waals surface area contributed by atoms with E-state index in [1.165, 1.54) is 0 Å². The largest absolute Gasteiger partial charge is 0.378 e. The van der Waals surface area contributed by atoms with Gasteiger partial charge in [-0.1, -0.05) is 24.3 Å². The van der Waals surface area contributed by atoms with Crippen LogP contribution in [0.5, 0.6) is 0 Å². The van der Waals surface area contributed by atoms with Crippen LogP contribution in [0.15, 0.2) is 24.3 Å². The summed E-state index contributed by atoms with van der Waals surface area (Å²) in [4.78, 5) is 11.9. The Morgan fingerprint density at radius 3 is 2.61 bits per heavy atom. The molecule has 1 N–H and O–H groups in total. The lowest BCUT2D eigenvalue weighted by atomic mass is 10.0. The fourth-order valence-corrected chi connectivity index (χ4v) is 2.32. The summed E-state index contributed by atoms with van der Waals surface area (Å²) in [6, 6.07) is 7.95. The standard InChI is InChI=1S/C14H18ClNO2/c1-10-13(6-7-18-10)14(17)16-9-12-4-2-11(8-15)3-5-12/h2-5,10,13H,6-9H2,1H3,(H,16,17). The molecule has 0 aliphatic carbocycles. The maximum Gasteiger partial charge on any atom is 0.226 e. The van der Waals surface area contributed by atoms with Crippen molar-refractivity contribution < 1.29 is 9.53 Å². The first-order valence-corrected chi connectivity index (χ1v) is 6.77. The highest BCUT2D eigenvalue weighted by Crippen LogP contribution is 2.20. The molecule has 1 aromatic carbocycles. The summed E-state index contributed by atoms with van der Waals surface area (Å²) in [5.74, 6) is 0.595. The van der Waals surface area contributed by atoms with Crippen LogP contribution in [0.4, 0.5) is 0 Å². The summed E-state index contributed by atoms with van der Waals surface area (Å²) in [6.07, 6.45) is 0.849. The van der Waals surface area contributed by atoms with Crippen LogP contribution in [-0.2, 0) is 22.0 Å². The van der Waals surface area contributed by atoms with E-state index in [-0.39, 0.29) is 17.9 Å². The number of halogens is 1. The molecule has 3 nitrogen and oxygen atoms in total. The number of amides is 1. The number of nitrogens with one attached hydrogen (secondary N) is 1. The van der Waals surface area contributed by atoms with E-state index in [0.717, 1.165) is 17.5 Å². The molecule has 1 saturated heterocycles. The minimum Gasteiger partial charge on any atom is -0.378 e. The molecule has 4 heteroatoms. The van der Waals surface area contributed by atoms with Crippen LogP contribution in [0.3, 0.4) is 0 Å². The predicted molar refractivity (Wildman–Crippen MR) is 71.4 cm³/mol. The van der Waals surface area contributed by atoms with E-state index in [1.807, 2.05) is 31.2 Å². The average molecular weight is 268 g/mol. The molecule has 2 atom stereocenters. The summed E-state index contributed by atoms with van der Waals surface area (Å²) in [5, 5.41) is 2.96. The zero-order valence-corrected chi connectivity index (χ0v) is 11.2. The van der Waals surface area contributed by atoms with Crippen molar-refractivity contribution in [3.05, 3.63) is 35.4 Å². The van der Waals surface area contributed by atoms with Crippen molar-refractivity contribution in [3.63, 3.8) is 0 Å². The Hall–Kier alpha value is -1.06. The van der Waals surface area contributed by atoms with E-state index < -0.39 is 0 Å². The van der Waals surface area contributed by atoms with Gasteiger partial charge in [-0.15, -0.1) is 11.6 Å². The van der Waals surface area contributed by atoms with Gasteiger partial charge in [-0.05, 0) is 24.5 Å². The highest BCUT2D eigenvalue weighted by atomic mass is 35.5. The lowest BCUT2D eigenvalue weighted by Gasteiger charge is -2.14. The molecule has 2 rings (SSSR count). The second-order valence-corrected chi connectivity index (χ2v) is 4.91. The normalized spacial score (nSPS) is 23.0. The van der Waals surface area contributed by atoms with E-state index >= 15 is 0 Å². The molecule has 1 aromatic rings. The van der Waals surface area contributed by atoms with E-state index in [0.29, 0.717) is 19.0 Å². The predicted octanol–water partition coefficient (Wildman–Crippen LogP) is 2.47. The summed E-state index contributed by atoms with van der Waals surface area (Å²) >= 11 is 5.73. The average Bonchev–Trinajstić information content (AvgIpc) is 2.83. The third kappa shape index (κ3) is 3.24. The van der Waals surface area contributed by atoms with Crippen molar-refractivity contribution in [3.8, 4) is 0 Å². The summed E-state index contributed by atoms with van der Waals surface area (Å²) in [7, 11) is 0. The molecule has 1 aliphatic heterocycles. The summed E-state index contributed by atoms with van der Waals surface area (Å²) < 4.78 is 5.39. The van der Waals surface area contributed by atoms with Crippen molar-refractivity contribution in [2.75, 3.05) is 6.61 Å². The molecular weight excluding hydrogens is 250 g/mol. The van der Waals surface area contributed by atoms with Crippen LogP contribution in [0.25, 0.3) is 0 Å². The van der Waals surface area contributed by atoms with Crippen LogP contribution >= 0.6 is 11.6 Å². The Labute approximate surface area is 112 Å². The lowest BCUT2D eigenvalue weighted by Crippen LogP contribution is -2.33. The monoisotopic (exact) mass is 267 g/mol. The van der Waals surface area contributed by atoms with Gasteiger partial charge in [-0.25, -0.2) is 0 Å². The Kier molecular flexibility index (Phi) is 4.61. The Bertz CT molecular complexity index is 405. The molecule has 0 radical (unpaired) electrons. The van der Waals surface area contributed by atoms with E-state index in [4.69, 9.17) is 16.3 Å². The van der Waals surface area contributed by atoms with Gasteiger partial charge in [0.05, 0.1) is 12.0 Å². The number of hydrogen-bond donors (Lipinski definition) is 1. The number of hydrogen-bond acceptors (Lipinski definition) is 2. The fourth-order valence-electron chi connectivity index (χ4n) is 2.14. The Balaban J connectivity index is 1.85. The number of alkyl halides is 1. The van der Waals surface area contributed by atoms with Gasteiger partial charge in [0.1, 0.15) is 0 Å². The quantitative estimate of drug-likeness (QED) is 0.851. The molecular formula is C14H18ClNO2. The van der Waals surface area contributed by atoms with Crippen molar-refractivity contribution in [1.29, 1.82) is 0 Å². The molecule has 2 unspecified atom stereocenters. The fraction of sp³-hybridized carbons (Fsp3) is 0.500. The maximum atomic E-state index is 11.9. The second kappa shape index (κ2) is 6.21. The zero-order valence-electron chi connectivity index (χ0n) is 10.5. The summed E-state index contributed by atoms with van der Waals surface area (Å²) in [6.45, 7) is 3.20. The van der Waals surface area contributed by atoms with Gasteiger partial charge < -0.3 is 10.1 Å². The van der Waals surface area contributed by atoms with Gasteiger partial charge in [-0.2, -0.15) is 0 Å². The van der Waals surface area contributed by atoms with Crippen molar-refractivity contribution in [1.82, 2.24) is 5.32 Å².